The van der Waals surface area contributed by atoms with Crippen LogP contribution in [0.25, 0.3) is 9.88 Å². The van der Waals surface area contributed by atoms with Crippen LogP contribution in [-0.2, 0) is 6.61 Å². The van der Waals surface area contributed by atoms with Gasteiger partial charge in [-0.3, -0.25) is 9.78 Å². The average Bonchev–Trinajstić information content (AvgIpc) is 3.18. The molecule has 3 aromatic rings. The van der Waals surface area contributed by atoms with E-state index in [1.807, 2.05) is 17.5 Å². The minimum absolute atomic E-state index is 0.152. The highest BCUT2D eigenvalue weighted by Crippen LogP contribution is 2.29. The van der Waals surface area contributed by atoms with Crippen LogP contribution in [0.2, 0.25) is 0 Å². The van der Waals surface area contributed by atoms with E-state index in [1.54, 1.807) is 29.8 Å². The fourth-order valence-corrected chi connectivity index (χ4v) is 3.37. The van der Waals surface area contributed by atoms with Crippen LogP contribution in [0.15, 0.2) is 42.2 Å². The number of nitrogens with one attached hydrogen (secondary N) is 1. The van der Waals surface area contributed by atoms with Crippen molar-refractivity contribution >= 4 is 34.3 Å². The van der Waals surface area contributed by atoms with Crippen molar-refractivity contribution in [3.63, 3.8) is 0 Å². The molecule has 7 heteroatoms. The van der Waals surface area contributed by atoms with Crippen LogP contribution in [0.4, 0.5) is 5.69 Å². The van der Waals surface area contributed by atoms with Gasteiger partial charge in [0.25, 0.3) is 5.91 Å². The number of anilines is 1. The number of carbonyl (C=O) groups is 1. The molecule has 3 heterocycles. The molecule has 0 aliphatic heterocycles. The number of rotatable bonds is 4. The van der Waals surface area contributed by atoms with Crippen molar-refractivity contribution in [2.45, 2.75) is 6.61 Å². The van der Waals surface area contributed by atoms with Gasteiger partial charge in [0.1, 0.15) is 9.88 Å². The lowest BCUT2D eigenvalue weighted by Crippen LogP contribution is -2.12. The van der Waals surface area contributed by atoms with Gasteiger partial charge < -0.3 is 10.4 Å². The van der Waals surface area contributed by atoms with Crippen LogP contribution in [0.5, 0.6) is 0 Å². The maximum Gasteiger partial charge on any atom is 0.267 e. The summed E-state index contributed by atoms with van der Waals surface area (Å²) in [4.78, 5) is 22.0. The van der Waals surface area contributed by atoms with Crippen molar-refractivity contribution in [1.82, 2.24) is 9.97 Å². The molecule has 0 saturated carbocycles. The van der Waals surface area contributed by atoms with Crippen molar-refractivity contribution in [3.8, 4) is 9.88 Å². The molecular weight excluding hydrogens is 306 g/mol. The zero-order valence-corrected chi connectivity index (χ0v) is 12.4. The molecule has 0 aromatic carbocycles. The number of aliphatic hydroxyl groups is 1. The maximum atomic E-state index is 12.2. The summed E-state index contributed by atoms with van der Waals surface area (Å²) in [5.74, 6) is -0.252. The number of nitrogens with zero attached hydrogens (tertiary/aromatic N) is 2. The summed E-state index contributed by atoms with van der Waals surface area (Å²) < 4.78 is 0. The Morgan fingerprint density at radius 2 is 2.24 bits per heavy atom. The maximum absolute atomic E-state index is 12.2. The predicted octanol–water partition coefficient (Wildman–Crippen LogP) is 3.01. The number of thiophene rings is 1. The third-order valence-electron chi connectivity index (χ3n) is 2.79. The summed E-state index contributed by atoms with van der Waals surface area (Å²) in [5.41, 5.74) is 1.14. The highest BCUT2D eigenvalue weighted by Gasteiger charge is 2.13. The Hall–Kier alpha value is -2.09. The molecule has 3 aromatic heterocycles. The van der Waals surface area contributed by atoms with Crippen molar-refractivity contribution in [1.29, 1.82) is 0 Å². The van der Waals surface area contributed by atoms with Crippen molar-refractivity contribution in [2.75, 3.05) is 5.32 Å². The molecule has 0 radical (unpaired) electrons. The first-order valence-corrected chi connectivity index (χ1v) is 7.82. The van der Waals surface area contributed by atoms with E-state index in [4.69, 9.17) is 0 Å². The van der Waals surface area contributed by atoms with Crippen LogP contribution in [0.1, 0.15) is 15.2 Å². The molecule has 0 saturated heterocycles. The van der Waals surface area contributed by atoms with Gasteiger partial charge in [0.05, 0.1) is 29.6 Å². The molecule has 0 spiro atoms. The number of aromatic nitrogens is 2. The number of hydrogen-bond acceptors (Lipinski definition) is 6. The average molecular weight is 317 g/mol. The monoisotopic (exact) mass is 317 g/mol. The van der Waals surface area contributed by atoms with Gasteiger partial charge in [0.2, 0.25) is 0 Å². The number of amides is 1. The summed E-state index contributed by atoms with van der Waals surface area (Å²) in [6.45, 7) is -0.152. The van der Waals surface area contributed by atoms with E-state index in [1.165, 1.54) is 17.5 Å². The Morgan fingerprint density at radius 1 is 1.33 bits per heavy atom. The van der Waals surface area contributed by atoms with Crippen molar-refractivity contribution in [2.24, 2.45) is 0 Å². The van der Waals surface area contributed by atoms with E-state index >= 15 is 0 Å². The smallest absolute Gasteiger partial charge is 0.267 e. The minimum Gasteiger partial charge on any atom is -0.392 e. The van der Waals surface area contributed by atoms with Gasteiger partial charge in [0, 0.05) is 11.8 Å². The molecule has 3 rings (SSSR count). The molecule has 0 atom stereocenters. The van der Waals surface area contributed by atoms with Crippen LogP contribution in [-0.4, -0.2) is 21.0 Å². The molecule has 106 valence electrons. The number of pyridine rings is 1. The number of thiazole rings is 1. The van der Waals surface area contributed by atoms with Crippen LogP contribution >= 0.6 is 22.7 Å². The van der Waals surface area contributed by atoms with E-state index in [0.717, 1.165) is 9.88 Å². The Morgan fingerprint density at radius 3 is 3.00 bits per heavy atom. The van der Waals surface area contributed by atoms with Gasteiger partial charge in [-0.2, -0.15) is 0 Å². The highest BCUT2D eigenvalue weighted by molar-refractivity contribution is 7.22. The second kappa shape index (κ2) is 6.13. The summed E-state index contributed by atoms with van der Waals surface area (Å²) in [5, 5.41) is 14.8. The summed E-state index contributed by atoms with van der Waals surface area (Å²) in [7, 11) is 0. The zero-order valence-electron chi connectivity index (χ0n) is 10.8. The first-order chi connectivity index (χ1) is 10.3. The Balaban J connectivity index is 1.80. The predicted molar refractivity (Wildman–Crippen MR) is 83.5 cm³/mol. The van der Waals surface area contributed by atoms with E-state index < -0.39 is 0 Å². The van der Waals surface area contributed by atoms with Gasteiger partial charge in [-0.1, -0.05) is 6.07 Å². The van der Waals surface area contributed by atoms with Crippen molar-refractivity contribution < 1.29 is 9.90 Å². The topological polar surface area (TPSA) is 75.1 Å². The molecule has 0 fully saturated rings. The highest BCUT2D eigenvalue weighted by atomic mass is 32.1. The third-order valence-corrected chi connectivity index (χ3v) is 4.83. The fourth-order valence-electron chi connectivity index (χ4n) is 1.75. The quantitative estimate of drug-likeness (QED) is 0.775. The molecule has 0 aliphatic carbocycles. The van der Waals surface area contributed by atoms with Gasteiger partial charge in [0.15, 0.2) is 0 Å². The Labute approximate surface area is 129 Å². The lowest BCUT2D eigenvalue weighted by atomic mass is 10.2. The molecule has 2 N–H and O–H groups in total. The first-order valence-electron chi connectivity index (χ1n) is 6.12. The second-order valence-electron chi connectivity index (χ2n) is 4.15. The Kier molecular flexibility index (Phi) is 4.05. The molecule has 0 aliphatic rings. The SMILES string of the molecule is O=C(Nc1cnccc1CO)c1cnc(-c2cccs2)s1. The van der Waals surface area contributed by atoms with Crippen LogP contribution in [0, 0.1) is 0 Å². The van der Waals surface area contributed by atoms with E-state index in [2.05, 4.69) is 15.3 Å². The largest absolute Gasteiger partial charge is 0.392 e. The minimum atomic E-state index is -0.252. The van der Waals surface area contributed by atoms with Crippen molar-refractivity contribution in [3.05, 3.63) is 52.6 Å². The van der Waals surface area contributed by atoms with Crippen LogP contribution in [0.3, 0.4) is 0 Å². The lowest BCUT2D eigenvalue weighted by Gasteiger charge is -2.06. The second-order valence-corrected chi connectivity index (χ2v) is 6.13. The molecule has 21 heavy (non-hydrogen) atoms. The van der Waals surface area contributed by atoms with Gasteiger partial charge in [-0.25, -0.2) is 4.98 Å². The molecule has 5 nitrogen and oxygen atoms in total. The van der Waals surface area contributed by atoms with Gasteiger partial charge in [-0.15, -0.1) is 22.7 Å². The number of hydrogen-bond donors (Lipinski definition) is 2. The van der Waals surface area contributed by atoms with E-state index in [0.29, 0.717) is 16.1 Å². The normalized spacial score (nSPS) is 10.5. The molecule has 0 bridgehead atoms. The zero-order chi connectivity index (χ0) is 14.7. The summed E-state index contributed by atoms with van der Waals surface area (Å²) >= 11 is 2.92. The van der Waals surface area contributed by atoms with Crippen LogP contribution < -0.4 is 5.32 Å². The summed E-state index contributed by atoms with van der Waals surface area (Å²) in [6, 6.07) is 5.58. The summed E-state index contributed by atoms with van der Waals surface area (Å²) in [6.07, 6.45) is 4.65. The number of aliphatic hydroxyl groups excluding tert-OH is 1. The lowest BCUT2D eigenvalue weighted by molar-refractivity contribution is 0.103. The Bertz CT molecular complexity index is 753. The van der Waals surface area contributed by atoms with Gasteiger partial charge >= 0.3 is 0 Å². The first kappa shape index (κ1) is 13.9. The van der Waals surface area contributed by atoms with E-state index in [9.17, 15) is 9.90 Å². The van der Waals surface area contributed by atoms with Gasteiger partial charge in [-0.05, 0) is 17.5 Å². The standard InChI is InChI=1S/C14H11N3O2S2/c18-8-9-3-4-15-6-10(9)17-13(19)12-7-16-14(21-12)11-2-1-5-20-11/h1-7,18H,8H2,(H,17,19). The fraction of sp³-hybridized carbons (Fsp3) is 0.0714. The third kappa shape index (κ3) is 2.99. The molecule has 1 amide bonds. The molecule has 0 unspecified atom stereocenters. The van der Waals surface area contributed by atoms with E-state index in [-0.39, 0.29) is 12.5 Å². The number of carbonyl (C=O) groups excluding carboxylic acids is 1. The molecular formula is C14H11N3O2S2.